The van der Waals surface area contributed by atoms with Gasteiger partial charge in [0.05, 0.1) is 10.5 Å². The van der Waals surface area contributed by atoms with Crippen molar-refractivity contribution in [2.45, 2.75) is 37.1 Å². The smallest absolute Gasteiger partial charge is 0.303 e. The summed E-state index contributed by atoms with van der Waals surface area (Å²) in [7, 11) is -3.87. The lowest BCUT2D eigenvalue weighted by Crippen LogP contribution is -2.32. The number of aliphatic carboxylic acids is 1. The first kappa shape index (κ1) is 17.1. The first-order valence-corrected chi connectivity index (χ1v) is 7.68. The van der Waals surface area contributed by atoms with E-state index in [4.69, 9.17) is 10.4 Å². The summed E-state index contributed by atoms with van der Waals surface area (Å²) < 4.78 is 39.7. The lowest BCUT2D eigenvalue weighted by molar-refractivity contribution is -0.137. The van der Waals surface area contributed by atoms with Crippen LogP contribution in [0.15, 0.2) is 23.1 Å². The van der Waals surface area contributed by atoms with Crippen molar-refractivity contribution in [3.05, 3.63) is 29.6 Å². The Hall–Kier alpha value is -1.98. The highest BCUT2D eigenvalue weighted by atomic mass is 32.2. The lowest BCUT2D eigenvalue weighted by atomic mass is 10.1. The minimum Gasteiger partial charge on any atom is -0.481 e. The molecule has 114 valence electrons. The van der Waals surface area contributed by atoms with Crippen LogP contribution in [0.5, 0.6) is 0 Å². The van der Waals surface area contributed by atoms with Crippen LogP contribution in [0.3, 0.4) is 0 Å². The van der Waals surface area contributed by atoms with Crippen molar-refractivity contribution in [1.29, 1.82) is 5.26 Å². The third-order valence-corrected chi connectivity index (χ3v) is 4.34. The molecule has 0 amide bonds. The third-order valence-electron chi connectivity index (χ3n) is 2.75. The van der Waals surface area contributed by atoms with E-state index >= 15 is 0 Å². The summed E-state index contributed by atoms with van der Waals surface area (Å²) in [6.07, 6.45) is 0.658. The second-order valence-corrected chi connectivity index (χ2v) is 6.28. The van der Waals surface area contributed by atoms with E-state index in [0.29, 0.717) is 12.8 Å². The summed E-state index contributed by atoms with van der Waals surface area (Å²) in [5.74, 6) is -1.73. The monoisotopic (exact) mass is 314 g/mol. The molecule has 0 aliphatic heterocycles. The van der Waals surface area contributed by atoms with Crippen LogP contribution in [-0.4, -0.2) is 25.5 Å². The van der Waals surface area contributed by atoms with Gasteiger partial charge in [-0.25, -0.2) is 17.5 Å². The maximum atomic E-state index is 13.2. The van der Waals surface area contributed by atoms with Crippen LogP contribution in [0.4, 0.5) is 4.39 Å². The van der Waals surface area contributed by atoms with Crippen LogP contribution in [0.25, 0.3) is 0 Å². The van der Waals surface area contributed by atoms with Gasteiger partial charge < -0.3 is 5.11 Å². The molecule has 1 unspecified atom stereocenters. The largest absolute Gasteiger partial charge is 0.481 e. The number of nitrogens with zero attached hydrogens (tertiary/aromatic N) is 1. The molecule has 0 aromatic heterocycles. The maximum absolute atomic E-state index is 13.2. The Balaban J connectivity index is 2.78. The molecule has 1 rings (SSSR count). The van der Waals surface area contributed by atoms with E-state index in [1.165, 1.54) is 0 Å². The Morgan fingerprint density at radius 2 is 2.19 bits per heavy atom. The molecule has 6 nitrogen and oxygen atoms in total. The summed E-state index contributed by atoms with van der Waals surface area (Å²) in [4.78, 5) is 10.2. The van der Waals surface area contributed by atoms with Gasteiger partial charge in [-0.15, -0.1) is 0 Å². The van der Waals surface area contributed by atoms with Gasteiger partial charge in [0.1, 0.15) is 11.9 Å². The summed E-state index contributed by atoms with van der Waals surface area (Å²) in [6, 6.07) is 4.06. The van der Waals surface area contributed by atoms with Gasteiger partial charge in [-0.2, -0.15) is 5.26 Å². The second-order valence-electron chi connectivity index (χ2n) is 4.56. The van der Waals surface area contributed by atoms with Gasteiger partial charge in [-0.3, -0.25) is 4.79 Å². The quantitative estimate of drug-likeness (QED) is 0.795. The molecule has 1 aromatic rings. The number of carboxylic acids is 1. The van der Waals surface area contributed by atoms with Gasteiger partial charge in [-0.05, 0) is 38.0 Å². The highest BCUT2D eigenvalue weighted by Crippen LogP contribution is 2.15. The molecule has 21 heavy (non-hydrogen) atoms. The second kappa shape index (κ2) is 7.15. The number of rotatable bonds is 7. The van der Waals surface area contributed by atoms with Crippen molar-refractivity contribution >= 4 is 16.0 Å². The number of hydrogen-bond acceptors (Lipinski definition) is 4. The standard InChI is InChI=1S/C13H15FN2O4S/c1-9(3-2-4-13(17)18)16-21(19,20)11-5-6-12(14)10(7-11)8-15/h5-7,9,16H,2-4H2,1H3,(H,17,18). The molecule has 0 saturated carbocycles. The molecule has 0 heterocycles. The fourth-order valence-corrected chi connectivity index (χ4v) is 3.01. The highest BCUT2D eigenvalue weighted by Gasteiger charge is 2.19. The first-order valence-electron chi connectivity index (χ1n) is 6.20. The molecular weight excluding hydrogens is 299 g/mol. The van der Waals surface area contributed by atoms with Crippen molar-refractivity contribution in [3.8, 4) is 6.07 Å². The summed E-state index contributed by atoms with van der Waals surface area (Å²) in [5, 5.41) is 17.2. The van der Waals surface area contributed by atoms with Crippen LogP contribution in [0.2, 0.25) is 0 Å². The fraction of sp³-hybridized carbons (Fsp3) is 0.385. The minimum atomic E-state index is -3.87. The van der Waals surface area contributed by atoms with Crippen molar-refractivity contribution in [1.82, 2.24) is 4.72 Å². The molecule has 0 spiro atoms. The Kier molecular flexibility index (Phi) is 5.81. The molecule has 0 radical (unpaired) electrons. The molecular formula is C13H15FN2O4S. The number of benzene rings is 1. The predicted molar refractivity (Wildman–Crippen MR) is 72.4 cm³/mol. The van der Waals surface area contributed by atoms with Crippen LogP contribution < -0.4 is 4.72 Å². The molecule has 1 aromatic carbocycles. The zero-order valence-electron chi connectivity index (χ0n) is 11.3. The minimum absolute atomic E-state index is 0.0405. The van der Waals surface area contributed by atoms with E-state index in [1.807, 2.05) is 0 Å². The zero-order chi connectivity index (χ0) is 16.0. The number of halogens is 1. The Labute approximate surface area is 122 Å². The molecule has 1 atom stereocenters. The fourth-order valence-electron chi connectivity index (χ4n) is 1.71. The van der Waals surface area contributed by atoms with Crippen molar-refractivity contribution in [2.24, 2.45) is 0 Å². The van der Waals surface area contributed by atoms with Crippen LogP contribution in [-0.2, 0) is 14.8 Å². The number of carboxylic acid groups (broad SMARTS) is 1. The van der Waals surface area contributed by atoms with Gasteiger partial charge >= 0.3 is 5.97 Å². The third kappa shape index (κ3) is 5.13. The lowest BCUT2D eigenvalue weighted by Gasteiger charge is -2.14. The summed E-state index contributed by atoms with van der Waals surface area (Å²) in [6.45, 7) is 1.61. The normalized spacial score (nSPS) is 12.6. The van der Waals surface area contributed by atoms with E-state index in [9.17, 15) is 17.6 Å². The van der Waals surface area contributed by atoms with Gasteiger partial charge in [0.15, 0.2) is 0 Å². The Morgan fingerprint density at radius 1 is 1.52 bits per heavy atom. The van der Waals surface area contributed by atoms with E-state index in [0.717, 1.165) is 18.2 Å². The zero-order valence-corrected chi connectivity index (χ0v) is 12.2. The molecule has 8 heteroatoms. The van der Waals surface area contributed by atoms with E-state index in [2.05, 4.69) is 4.72 Å². The van der Waals surface area contributed by atoms with Gasteiger partial charge in [0.2, 0.25) is 10.0 Å². The van der Waals surface area contributed by atoms with Crippen LogP contribution in [0.1, 0.15) is 31.7 Å². The molecule has 2 N–H and O–H groups in total. The predicted octanol–water partition coefficient (Wildman–Crippen LogP) is 1.62. The molecule has 0 aliphatic carbocycles. The van der Waals surface area contributed by atoms with Crippen molar-refractivity contribution in [2.75, 3.05) is 0 Å². The van der Waals surface area contributed by atoms with E-state index in [1.54, 1.807) is 13.0 Å². The van der Waals surface area contributed by atoms with Gasteiger partial charge in [0.25, 0.3) is 0 Å². The summed E-state index contributed by atoms with van der Waals surface area (Å²) in [5.41, 5.74) is -0.351. The number of nitrogens with one attached hydrogen (secondary N) is 1. The number of carbonyl (C=O) groups is 1. The first-order chi connectivity index (χ1) is 9.76. The van der Waals surface area contributed by atoms with Crippen LogP contribution >= 0.6 is 0 Å². The van der Waals surface area contributed by atoms with E-state index < -0.39 is 27.9 Å². The number of hydrogen-bond donors (Lipinski definition) is 2. The van der Waals surface area contributed by atoms with Gasteiger partial charge in [0, 0.05) is 12.5 Å². The average molecular weight is 314 g/mol. The topological polar surface area (TPSA) is 107 Å². The molecule has 0 bridgehead atoms. The number of nitriles is 1. The Bertz CT molecular complexity index is 667. The average Bonchev–Trinajstić information content (AvgIpc) is 2.37. The molecule has 0 fully saturated rings. The SMILES string of the molecule is CC(CCCC(=O)O)NS(=O)(=O)c1ccc(F)c(C#N)c1. The molecule has 0 saturated heterocycles. The Morgan fingerprint density at radius 3 is 2.76 bits per heavy atom. The number of sulfonamides is 1. The van der Waals surface area contributed by atoms with Crippen molar-refractivity contribution < 1.29 is 22.7 Å². The van der Waals surface area contributed by atoms with Crippen molar-refractivity contribution in [3.63, 3.8) is 0 Å². The maximum Gasteiger partial charge on any atom is 0.303 e. The molecule has 0 aliphatic rings. The van der Waals surface area contributed by atoms with Gasteiger partial charge in [-0.1, -0.05) is 0 Å². The van der Waals surface area contributed by atoms with E-state index in [-0.39, 0.29) is 16.9 Å². The summed E-state index contributed by atoms with van der Waals surface area (Å²) >= 11 is 0. The van der Waals surface area contributed by atoms with Crippen LogP contribution in [0, 0.1) is 17.1 Å². The highest BCUT2D eigenvalue weighted by molar-refractivity contribution is 7.89.